The maximum atomic E-state index is 12.2. The number of carbonyl (C=O) groups is 1. The molecule has 0 aliphatic heterocycles. The summed E-state index contributed by atoms with van der Waals surface area (Å²) >= 11 is 0. The fraction of sp³-hybridized carbons (Fsp3) is 0.385. The number of imidazole rings is 1. The molecule has 0 saturated heterocycles. The van der Waals surface area contributed by atoms with Crippen LogP contribution in [0, 0.1) is 0 Å². The zero-order valence-electron chi connectivity index (χ0n) is 12.5. The van der Waals surface area contributed by atoms with Gasteiger partial charge in [0.15, 0.2) is 5.69 Å². The Bertz CT molecular complexity index is 773. The van der Waals surface area contributed by atoms with Gasteiger partial charge in [0, 0.05) is 25.0 Å². The second-order valence-corrected chi connectivity index (χ2v) is 6.78. The van der Waals surface area contributed by atoms with Crippen LogP contribution < -0.4 is 10.6 Å². The minimum Gasteiger partial charge on any atom is -0.349 e. The molecular formula is C13H19ClN4O3S. The van der Waals surface area contributed by atoms with Crippen LogP contribution in [0.15, 0.2) is 29.6 Å². The summed E-state index contributed by atoms with van der Waals surface area (Å²) < 4.78 is 24.9. The van der Waals surface area contributed by atoms with Crippen molar-refractivity contribution in [1.82, 2.24) is 20.0 Å². The predicted octanol–water partition coefficient (Wildman–Crippen LogP) is 0.497. The van der Waals surface area contributed by atoms with E-state index in [1.54, 1.807) is 31.4 Å². The van der Waals surface area contributed by atoms with Crippen LogP contribution in [0.3, 0.4) is 0 Å². The minimum absolute atomic E-state index is 0. The van der Waals surface area contributed by atoms with Crippen LogP contribution in [-0.4, -0.2) is 49.6 Å². The number of carbonyl (C=O) groups excluding carboxylic acids is 1. The third-order valence-electron chi connectivity index (χ3n) is 3.12. The quantitative estimate of drug-likeness (QED) is 0.822. The van der Waals surface area contributed by atoms with Crippen LogP contribution in [0.4, 0.5) is 0 Å². The highest BCUT2D eigenvalue weighted by Crippen LogP contribution is 2.16. The largest absolute Gasteiger partial charge is 0.349 e. The molecule has 0 aliphatic rings. The van der Waals surface area contributed by atoms with Gasteiger partial charge in [0.1, 0.15) is 0 Å². The van der Waals surface area contributed by atoms with Crippen molar-refractivity contribution in [2.45, 2.75) is 18.1 Å². The first-order valence-corrected chi connectivity index (χ1v) is 8.36. The number of sulfone groups is 1. The van der Waals surface area contributed by atoms with Gasteiger partial charge in [0.2, 0.25) is 15.0 Å². The van der Waals surface area contributed by atoms with Gasteiger partial charge in [-0.3, -0.25) is 9.20 Å². The van der Waals surface area contributed by atoms with Crippen molar-refractivity contribution in [3.05, 3.63) is 30.1 Å². The zero-order chi connectivity index (χ0) is 15.6. The Morgan fingerprint density at radius 3 is 2.68 bits per heavy atom. The second kappa shape index (κ2) is 7.08. The number of fused-ring (bicyclic) bond motifs is 1. The van der Waals surface area contributed by atoms with Crippen LogP contribution in [0.5, 0.6) is 0 Å². The van der Waals surface area contributed by atoms with Gasteiger partial charge in [-0.05, 0) is 26.1 Å². The van der Waals surface area contributed by atoms with Crippen molar-refractivity contribution < 1.29 is 13.2 Å². The summed E-state index contributed by atoms with van der Waals surface area (Å²) in [6, 6.07) is 5.19. The van der Waals surface area contributed by atoms with Crippen molar-refractivity contribution in [2.75, 3.05) is 19.8 Å². The molecule has 0 radical (unpaired) electrons. The Hall–Kier alpha value is -1.64. The van der Waals surface area contributed by atoms with E-state index in [0.29, 0.717) is 12.1 Å². The van der Waals surface area contributed by atoms with E-state index in [2.05, 4.69) is 15.6 Å². The monoisotopic (exact) mass is 346 g/mol. The maximum Gasteiger partial charge on any atom is 0.272 e. The van der Waals surface area contributed by atoms with Crippen LogP contribution in [0.1, 0.15) is 17.4 Å². The zero-order valence-corrected chi connectivity index (χ0v) is 14.2. The van der Waals surface area contributed by atoms with Gasteiger partial charge < -0.3 is 10.6 Å². The van der Waals surface area contributed by atoms with Crippen molar-refractivity contribution in [2.24, 2.45) is 0 Å². The van der Waals surface area contributed by atoms with Crippen LogP contribution >= 0.6 is 12.4 Å². The molecule has 9 heteroatoms. The molecule has 0 saturated carbocycles. The molecule has 0 spiro atoms. The van der Waals surface area contributed by atoms with Crippen LogP contribution in [0.2, 0.25) is 0 Å². The van der Waals surface area contributed by atoms with E-state index in [1.807, 2.05) is 6.92 Å². The Labute approximate surface area is 135 Å². The van der Waals surface area contributed by atoms with E-state index >= 15 is 0 Å². The lowest BCUT2D eigenvalue weighted by molar-refractivity contribution is 0.0947. The molecule has 2 N–H and O–H groups in total. The highest BCUT2D eigenvalue weighted by Gasteiger charge is 2.22. The molecule has 2 heterocycles. The number of aromatic nitrogens is 2. The number of hydrogen-bond acceptors (Lipinski definition) is 5. The number of pyridine rings is 1. The van der Waals surface area contributed by atoms with Crippen molar-refractivity contribution in [3.8, 4) is 0 Å². The lowest BCUT2D eigenvalue weighted by atomic mass is 10.3. The van der Waals surface area contributed by atoms with Gasteiger partial charge in [-0.1, -0.05) is 6.07 Å². The molecule has 7 nitrogen and oxygen atoms in total. The number of halogens is 1. The van der Waals surface area contributed by atoms with Gasteiger partial charge in [-0.25, -0.2) is 13.4 Å². The van der Waals surface area contributed by atoms with E-state index in [1.165, 1.54) is 4.40 Å². The van der Waals surface area contributed by atoms with Gasteiger partial charge in [-0.15, -0.1) is 12.4 Å². The fourth-order valence-corrected chi connectivity index (χ4v) is 2.64. The van der Waals surface area contributed by atoms with Crippen molar-refractivity contribution in [3.63, 3.8) is 0 Å². The lowest BCUT2D eigenvalue weighted by Crippen LogP contribution is -2.37. The van der Waals surface area contributed by atoms with E-state index in [0.717, 1.165) is 6.26 Å². The summed E-state index contributed by atoms with van der Waals surface area (Å²) in [4.78, 5) is 16.2. The van der Waals surface area contributed by atoms with E-state index in [-0.39, 0.29) is 29.3 Å². The summed E-state index contributed by atoms with van der Waals surface area (Å²) in [5.41, 5.74) is 0.576. The van der Waals surface area contributed by atoms with Crippen molar-refractivity contribution in [1.29, 1.82) is 0 Å². The summed E-state index contributed by atoms with van der Waals surface area (Å²) in [5, 5.41) is 5.60. The lowest BCUT2D eigenvalue weighted by Gasteiger charge is -2.10. The van der Waals surface area contributed by atoms with Gasteiger partial charge in [0.25, 0.3) is 5.91 Å². The Morgan fingerprint density at radius 1 is 1.41 bits per heavy atom. The highest BCUT2D eigenvalue weighted by atomic mass is 35.5. The summed E-state index contributed by atoms with van der Waals surface area (Å²) in [5.74, 6) is -0.393. The van der Waals surface area contributed by atoms with Crippen LogP contribution in [-0.2, 0) is 9.84 Å². The minimum atomic E-state index is -3.52. The van der Waals surface area contributed by atoms with Gasteiger partial charge >= 0.3 is 0 Å². The maximum absolute atomic E-state index is 12.2. The normalized spacial score (nSPS) is 12.7. The van der Waals surface area contributed by atoms with Gasteiger partial charge in [0.05, 0.1) is 5.52 Å². The summed E-state index contributed by atoms with van der Waals surface area (Å²) in [7, 11) is -1.72. The third-order valence-corrected chi connectivity index (χ3v) is 4.08. The first-order chi connectivity index (χ1) is 9.84. The molecule has 1 amide bonds. The molecule has 1 unspecified atom stereocenters. The SMILES string of the molecule is CNC(C)CNC(=O)c1nc(S(C)(=O)=O)n2ccccc12.Cl. The average Bonchev–Trinajstić information content (AvgIpc) is 2.84. The molecule has 2 aromatic heterocycles. The molecule has 122 valence electrons. The summed E-state index contributed by atoms with van der Waals surface area (Å²) in [6.45, 7) is 2.35. The topological polar surface area (TPSA) is 92.6 Å². The molecule has 0 aliphatic carbocycles. The Balaban J connectivity index is 0.00000242. The highest BCUT2D eigenvalue weighted by molar-refractivity contribution is 7.90. The predicted molar refractivity (Wildman–Crippen MR) is 86.4 cm³/mol. The van der Waals surface area contributed by atoms with E-state index < -0.39 is 15.7 Å². The first-order valence-electron chi connectivity index (χ1n) is 6.47. The molecule has 22 heavy (non-hydrogen) atoms. The molecule has 2 aromatic rings. The fourth-order valence-electron chi connectivity index (χ4n) is 1.87. The number of nitrogens with one attached hydrogen (secondary N) is 2. The Morgan fingerprint density at radius 2 is 2.09 bits per heavy atom. The van der Waals surface area contributed by atoms with Crippen molar-refractivity contribution >= 4 is 33.7 Å². The number of rotatable bonds is 5. The number of likely N-dealkylation sites (N-methyl/N-ethyl adjacent to an activating group) is 1. The molecule has 0 aromatic carbocycles. The summed E-state index contributed by atoms with van der Waals surface area (Å²) in [6.07, 6.45) is 2.64. The molecule has 0 bridgehead atoms. The van der Waals surface area contributed by atoms with E-state index in [4.69, 9.17) is 0 Å². The average molecular weight is 347 g/mol. The molecule has 2 rings (SSSR count). The van der Waals surface area contributed by atoms with E-state index in [9.17, 15) is 13.2 Å². The number of amides is 1. The molecule has 0 fully saturated rings. The second-order valence-electron chi connectivity index (χ2n) is 4.87. The van der Waals surface area contributed by atoms with Crippen LogP contribution in [0.25, 0.3) is 5.52 Å². The van der Waals surface area contributed by atoms with Gasteiger partial charge in [-0.2, -0.15) is 0 Å². The first kappa shape index (κ1) is 18.4. The Kier molecular flexibility index (Phi) is 5.92. The standard InChI is InChI=1S/C13H18N4O3S.ClH/c1-9(14-2)8-15-12(18)11-10-6-4-5-7-17(10)13(16-11)21(3,19)20;/h4-7,9,14H,8H2,1-3H3,(H,15,18);1H. The smallest absolute Gasteiger partial charge is 0.272 e. The molecular weight excluding hydrogens is 328 g/mol. The third kappa shape index (κ3) is 3.76. The number of hydrogen-bond donors (Lipinski definition) is 2. The number of nitrogens with zero attached hydrogens (tertiary/aromatic N) is 2. The molecule has 1 atom stereocenters.